The number of thiophene rings is 1. The lowest BCUT2D eigenvalue weighted by molar-refractivity contribution is 0.481. The van der Waals surface area contributed by atoms with E-state index in [9.17, 15) is 5.11 Å². The minimum absolute atomic E-state index is 0.278. The maximum absolute atomic E-state index is 9.99. The monoisotopic (exact) mass is 307 g/mol. The first-order valence-corrected chi connectivity index (χ1v) is 7.73. The number of rotatable bonds is 2. The van der Waals surface area contributed by atoms with E-state index in [-0.39, 0.29) is 5.75 Å². The summed E-state index contributed by atoms with van der Waals surface area (Å²) in [5, 5.41) is 16.2. The van der Waals surface area contributed by atoms with Gasteiger partial charge in [-0.05, 0) is 25.1 Å². The Kier molecular flexibility index (Phi) is 2.94. The van der Waals surface area contributed by atoms with E-state index in [0.717, 1.165) is 32.5 Å². The summed E-state index contributed by atoms with van der Waals surface area (Å²) in [5.41, 5.74) is 0.914. The molecule has 0 fully saturated rings. The molecule has 108 valence electrons. The van der Waals surface area contributed by atoms with E-state index < -0.39 is 0 Å². The highest BCUT2D eigenvalue weighted by molar-refractivity contribution is 7.18. The van der Waals surface area contributed by atoms with Gasteiger partial charge in [-0.1, -0.05) is 24.3 Å². The molecule has 0 saturated heterocycles. The van der Waals surface area contributed by atoms with Crippen LogP contribution in [0.15, 0.2) is 48.8 Å². The zero-order chi connectivity index (χ0) is 15.1. The fraction of sp³-hybridized carbons (Fsp3) is 0.0588. The van der Waals surface area contributed by atoms with Crippen LogP contribution in [0.3, 0.4) is 0 Å². The average molecular weight is 307 g/mol. The van der Waals surface area contributed by atoms with Gasteiger partial charge in [-0.2, -0.15) is 0 Å². The number of hydrogen-bond donors (Lipinski definition) is 2. The van der Waals surface area contributed by atoms with Gasteiger partial charge in [-0.15, -0.1) is 11.3 Å². The summed E-state index contributed by atoms with van der Waals surface area (Å²) in [6.45, 7) is 2.06. The number of fused-ring (bicyclic) bond motifs is 2. The second kappa shape index (κ2) is 4.96. The third-order valence-corrected chi connectivity index (χ3v) is 4.56. The van der Waals surface area contributed by atoms with Crippen LogP contribution in [0.4, 0.5) is 11.5 Å². The number of aromatic nitrogens is 2. The molecule has 0 atom stereocenters. The van der Waals surface area contributed by atoms with Crippen molar-refractivity contribution in [1.29, 1.82) is 0 Å². The number of benzene rings is 2. The highest BCUT2D eigenvalue weighted by atomic mass is 32.1. The van der Waals surface area contributed by atoms with Gasteiger partial charge >= 0.3 is 0 Å². The number of anilines is 2. The number of phenols is 1. The second-order valence-electron chi connectivity index (χ2n) is 5.10. The van der Waals surface area contributed by atoms with Crippen molar-refractivity contribution in [3.8, 4) is 5.75 Å². The Bertz CT molecular complexity index is 994. The van der Waals surface area contributed by atoms with Crippen molar-refractivity contribution < 1.29 is 5.11 Å². The minimum atomic E-state index is 0.278. The Balaban J connectivity index is 1.88. The molecule has 2 aromatic carbocycles. The number of hydrogen-bond acceptors (Lipinski definition) is 5. The Hall–Kier alpha value is -2.66. The molecule has 0 bridgehead atoms. The van der Waals surface area contributed by atoms with Crippen LogP contribution in [0.5, 0.6) is 5.75 Å². The lowest BCUT2D eigenvalue weighted by Gasteiger charge is -2.10. The zero-order valence-electron chi connectivity index (χ0n) is 11.9. The Morgan fingerprint density at radius 3 is 2.73 bits per heavy atom. The van der Waals surface area contributed by atoms with Crippen molar-refractivity contribution in [2.45, 2.75) is 6.92 Å². The zero-order valence-corrected chi connectivity index (χ0v) is 12.7. The van der Waals surface area contributed by atoms with Crippen LogP contribution in [-0.2, 0) is 0 Å². The van der Waals surface area contributed by atoms with Gasteiger partial charge in [0.2, 0.25) is 0 Å². The maximum atomic E-state index is 9.99. The molecule has 0 spiro atoms. The first-order valence-electron chi connectivity index (χ1n) is 6.91. The fourth-order valence-corrected chi connectivity index (χ4v) is 3.45. The normalized spacial score (nSPS) is 11.1. The molecule has 2 heterocycles. The Morgan fingerprint density at radius 2 is 1.82 bits per heavy atom. The fourth-order valence-electron chi connectivity index (χ4n) is 2.61. The molecule has 2 N–H and O–H groups in total. The highest BCUT2D eigenvalue weighted by Crippen LogP contribution is 2.34. The lowest BCUT2D eigenvalue weighted by atomic mass is 10.1. The molecular formula is C17H13N3OS. The third kappa shape index (κ3) is 2.07. The molecule has 0 aliphatic heterocycles. The van der Waals surface area contributed by atoms with E-state index in [0.29, 0.717) is 0 Å². The van der Waals surface area contributed by atoms with Gasteiger partial charge in [0.15, 0.2) is 0 Å². The van der Waals surface area contributed by atoms with Crippen LogP contribution in [0.25, 0.3) is 21.0 Å². The predicted molar refractivity (Wildman–Crippen MR) is 91.0 cm³/mol. The second-order valence-corrected chi connectivity index (χ2v) is 6.34. The molecule has 4 aromatic rings. The van der Waals surface area contributed by atoms with Crippen molar-refractivity contribution >= 4 is 43.8 Å². The van der Waals surface area contributed by atoms with Crippen LogP contribution in [0.2, 0.25) is 0 Å². The van der Waals surface area contributed by atoms with Crippen molar-refractivity contribution in [1.82, 2.24) is 9.97 Å². The molecule has 0 amide bonds. The topological polar surface area (TPSA) is 58.0 Å². The summed E-state index contributed by atoms with van der Waals surface area (Å²) < 4.78 is 0. The molecule has 4 rings (SSSR count). The molecular weight excluding hydrogens is 294 g/mol. The molecule has 0 saturated carbocycles. The number of nitrogens with one attached hydrogen (secondary N) is 1. The van der Waals surface area contributed by atoms with Crippen LogP contribution in [0.1, 0.15) is 4.88 Å². The van der Waals surface area contributed by atoms with E-state index in [1.54, 1.807) is 23.7 Å². The van der Waals surface area contributed by atoms with Crippen molar-refractivity contribution in [3.05, 3.63) is 53.7 Å². The lowest BCUT2D eigenvalue weighted by Crippen LogP contribution is -1.95. The van der Waals surface area contributed by atoms with Gasteiger partial charge in [0.25, 0.3) is 0 Å². The maximum Gasteiger partial charge on any atom is 0.142 e. The van der Waals surface area contributed by atoms with Crippen LogP contribution >= 0.6 is 11.3 Å². The van der Waals surface area contributed by atoms with Crippen molar-refractivity contribution in [3.63, 3.8) is 0 Å². The molecule has 2 aromatic heterocycles. The standard InChI is InChI=1S/C17H13N3OS/c1-10-8-13-16(18-9-19-17(13)22-10)20-14-6-2-5-12-11(14)4-3-7-15(12)21/h2-9,21H,1H3,(H,18,19,20). The summed E-state index contributed by atoms with van der Waals surface area (Å²) in [6.07, 6.45) is 1.57. The van der Waals surface area contributed by atoms with Gasteiger partial charge in [0.05, 0.1) is 5.39 Å². The molecule has 0 aliphatic carbocycles. The van der Waals surface area contributed by atoms with Crippen molar-refractivity contribution in [2.75, 3.05) is 5.32 Å². The first-order chi connectivity index (χ1) is 10.7. The number of phenolic OH excluding ortho intramolecular Hbond substituents is 1. The molecule has 0 radical (unpaired) electrons. The van der Waals surface area contributed by atoms with Crippen LogP contribution in [0, 0.1) is 6.92 Å². The van der Waals surface area contributed by atoms with Gasteiger partial charge in [-0.3, -0.25) is 0 Å². The van der Waals surface area contributed by atoms with E-state index >= 15 is 0 Å². The van der Waals surface area contributed by atoms with Gasteiger partial charge in [0.1, 0.15) is 22.7 Å². The summed E-state index contributed by atoms with van der Waals surface area (Å²) in [4.78, 5) is 10.8. The van der Waals surface area contributed by atoms with E-state index in [2.05, 4.69) is 28.3 Å². The average Bonchev–Trinajstić information content (AvgIpc) is 2.90. The Morgan fingerprint density at radius 1 is 1.00 bits per heavy atom. The number of aryl methyl sites for hydroxylation is 1. The smallest absolute Gasteiger partial charge is 0.142 e. The molecule has 0 aliphatic rings. The Labute approximate surface area is 131 Å². The third-order valence-electron chi connectivity index (χ3n) is 3.60. The number of aromatic hydroxyl groups is 1. The summed E-state index contributed by atoms with van der Waals surface area (Å²) in [5.74, 6) is 1.06. The van der Waals surface area contributed by atoms with E-state index in [1.165, 1.54) is 4.88 Å². The van der Waals surface area contributed by atoms with Crippen LogP contribution in [-0.4, -0.2) is 15.1 Å². The minimum Gasteiger partial charge on any atom is -0.507 e. The van der Waals surface area contributed by atoms with Gasteiger partial charge < -0.3 is 10.4 Å². The van der Waals surface area contributed by atoms with Gasteiger partial charge in [0, 0.05) is 21.3 Å². The predicted octanol–water partition coefficient (Wildman–Crippen LogP) is 4.60. The molecule has 0 unspecified atom stereocenters. The largest absolute Gasteiger partial charge is 0.507 e. The summed E-state index contributed by atoms with van der Waals surface area (Å²) >= 11 is 1.65. The quantitative estimate of drug-likeness (QED) is 0.568. The molecule has 4 nitrogen and oxygen atoms in total. The van der Waals surface area contributed by atoms with E-state index in [4.69, 9.17) is 0 Å². The number of nitrogens with zero attached hydrogens (tertiary/aromatic N) is 2. The first kappa shape index (κ1) is 13.0. The van der Waals surface area contributed by atoms with E-state index in [1.807, 2.05) is 30.3 Å². The van der Waals surface area contributed by atoms with Gasteiger partial charge in [-0.25, -0.2) is 9.97 Å². The van der Waals surface area contributed by atoms with Crippen molar-refractivity contribution in [2.24, 2.45) is 0 Å². The van der Waals surface area contributed by atoms with Crippen LogP contribution < -0.4 is 5.32 Å². The summed E-state index contributed by atoms with van der Waals surface area (Å²) in [6, 6.07) is 13.4. The SMILES string of the molecule is Cc1cc2c(Nc3cccc4c(O)cccc34)ncnc2s1. The molecule has 22 heavy (non-hydrogen) atoms. The molecule has 5 heteroatoms. The highest BCUT2D eigenvalue weighted by Gasteiger charge is 2.09. The summed E-state index contributed by atoms with van der Waals surface area (Å²) in [7, 11) is 0.